The lowest BCUT2D eigenvalue weighted by Gasteiger charge is -1.99. The van der Waals surface area contributed by atoms with Gasteiger partial charge in [0.05, 0.1) is 13.7 Å². The van der Waals surface area contributed by atoms with Crippen molar-refractivity contribution in [3.8, 4) is 6.07 Å². The van der Waals surface area contributed by atoms with E-state index in [2.05, 4.69) is 9.47 Å². The zero-order chi connectivity index (χ0) is 9.40. The van der Waals surface area contributed by atoms with E-state index in [-0.39, 0.29) is 5.57 Å². The SMILES string of the molecule is CCCOC(=O)C(C#N)=COC. The Kier molecular flexibility index (Phi) is 5.45. The smallest absolute Gasteiger partial charge is 0.352 e. The van der Waals surface area contributed by atoms with Crippen molar-refractivity contribution in [2.24, 2.45) is 0 Å². The number of hydrogen-bond acceptors (Lipinski definition) is 4. The summed E-state index contributed by atoms with van der Waals surface area (Å²) >= 11 is 0. The summed E-state index contributed by atoms with van der Waals surface area (Å²) in [5.74, 6) is -0.638. The van der Waals surface area contributed by atoms with Crippen LogP contribution in [-0.4, -0.2) is 19.7 Å². The van der Waals surface area contributed by atoms with Crippen LogP contribution in [0.4, 0.5) is 0 Å². The molecule has 0 rings (SSSR count). The van der Waals surface area contributed by atoms with Gasteiger partial charge in [-0.25, -0.2) is 4.79 Å². The number of rotatable bonds is 4. The van der Waals surface area contributed by atoms with E-state index in [4.69, 9.17) is 5.26 Å². The molecule has 0 N–H and O–H groups in total. The van der Waals surface area contributed by atoms with Gasteiger partial charge in [0.1, 0.15) is 12.3 Å². The molecule has 0 heterocycles. The van der Waals surface area contributed by atoms with Crippen molar-refractivity contribution in [1.29, 1.82) is 5.26 Å². The molecule has 0 aliphatic rings. The predicted octanol–water partition coefficient (Wildman–Crippen LogP) is 0.993. The lowest BCUT2D eigenvalue weighted by molar-refractivity contribution is -0.138. The van der Waals surface area contributed by atoms with Gasteiger partial charge in [-0.2, -0.15) is 5.26 Å². The molecular formula is C8H11NO3. The molecule has 0 radical (unpaired) electrons. The molecule has 0 atom stereocenters. The van der Waals surface area contributed by atoms with Crippen LogP contribution < -0.4 is 0 Å². The van der Waals surface area contributed by atoms with Crippen LogP contribution >= 0.6 is 0 Å². The van der Waals surface area contributed by atoms with Gasteiger partial charge in [-0.05, 0) is 6.42 Å². The minimum Gasteiger partial charge on any atom is -0.503 e. The van der Waals surface area contributed by atoms with Gasteiger partial charge in [0.15, 0.2) is 5.57 Å². The normalized spacial score (nSPS) is 10.2. The van der Waals surface area contributed by atoms with Crippen molar-refractivity contribution in [2.45, 2.75) is 13.3 Å². The number of nitrogens with zero attached hydrogens (tertiary/aromatic N) is 1. The average Bonchev–Trinajstić information content (AvgIpc) is 2.10. The highest BCUT2D eigenvalue weighted by Gasteiger charge is 2.09. The molecule has 0 unspecified atom stereocenters. The highest BCUT2D eigenvalue weighted by atomic mass is 16.5. The van der Waals surface area contributed by atoms with Gasteiger partial charge < -0.3 is 9.47 Å². The third-order valence-corrected chi connectivity index (χ3v) is 1.01. The summed E-state index contributed by atoms with van der Waals surface area (Å²) in [7, 11) is 1.37. The van der Waals surface area contributed by atoms with Gasteiger partial charge in [0.2, 0.25) is 0 Å². The number of ether oxygens (including phenoxy) is 2. The first-order chi connectivity index (χ1) is 5.76. The molecule has 0 saturated heterocycles. The van der Waals surface area contributed by atoms with Crippen LogP contribution in [0.5, 0.6) is 0 Å². The molecule has 0 aliphatic carbocycles. The minimum absolute atomic E-state index is 0.119. The molecule has 0 saturated carbocycles. The van der Waals surface area contributed by atoms with Crippen molar-refractivity contribution in [3.63, 3.8) is 0 Å². The summed E-state index contributed by atoms with van der Waals surface area (Å²) in [5, 5.41) is 8.43. The summed E-state index contributed by atoms with van der Waals surface area (Å²) in [4.78, 5) is 10.9. The molecule has 0 aromatic heterocycles. The van der Waals surface area contributed by atoms with Crippen molar-refractivity contribution in [1.82, 2.24) is 0 Å². The standard InChI is InChI=1S/C8H11NO3/c1-3-4-12-8(10)7(5-9)6-11-2/h6H,3-4H2,1-2H3. The maximum absolute atomic E-state index is 10.9. The fourth-order valence-corrected chi connectivity index (χ4v) is 0.510. The van der Waals surface area contributed by atoms with Crippen LogP contribution in [0.15, 0.2) is 11.8 Å². The summed E-state index contributed by atoms with van der Waals surface area (Å²) < 4.78 is 9.20. The molecule has 0 aromatic carbocycles. The van der Waals surface area contributed by atoms with E-state index < -0.39 is 5.97 Å². The van der Waals surface area contributed by atoms with Gasteiger partial charge in [0, 0.05) is 0 Å². The van der Waals surface area contributed by atoms with E-state index in [1.165, 1.54) is 7.11 Å². The minimum atomic E-state index is -0.638. The lowest BCUT2D eigenvalue weighted by atomic mass is 10.3. The summed E-state index contributed by atoms with van der Waals surface area (Å²) in [5.41, 5.74) is -0.119. The molecule has 66 valence electrons. The Hall–Kier alpha value is -1.50. The first-order valence-electron chi connectivity index (χ1n) is 3.56. The molecule has 0 spiro atoms. The number of nitriles is 1. The third kappa shape index (κ3) is 3.62. The highest BCUT2D eigenvalue weighted by molar-refractivity contribution is 5.92. The molecule has 0 fully saturated rings. The monoisotopic (exact) mass is 169 g/mol. The molecule has 0 aromatic rings. The van der Waals surface area contributed by atoms with E-state index in [9.17, 15) is 4.79 Å². The van der Waals surface area contributed by atoms with E-state index >= 15 is 0 Å². The van der Waals surface area contributed by atoms with Crippen molar-refractivity contribution >= 4 is 5.97 Å². The largest absolute Gasteiger partial charge is 0.503 e. The van der Waals surface area contributed by atoms with Crippen molar-refractivity contribution < 1.29 is 14.3 Å². The summed E-state index contributed by atoms with van der Waals surface area (Å²) in [6, 6.07) is 1.67. The van der Waals surface area contributed by atoms with E-state index in [1.54, 1.807) is 6.07 Å². The third-order valence-electron chi connectivity index (χ3n) is 1.01. The predicted molar refractivity (Wildman–Crippen MR) is 42.0 cm³/mol. The molecule has 0 aliphatic heterocycles. The lowest BCUT2D eigenvalue weighted by Crippen LogP contribution is -2.07. The Morgan fingerprint density at radius 2 is 2.33 bits per heavy atom. The van der Waals surface area contributed by atoms with E-state index in [0.717, 1.165) is 12.7 Å². The topological polar surface area (TPSA) is 59.3 Å². The molecular weight excluding hydrogens is 158 g/mol. The second-order valence-electron chi connectivity index (χ2n) is 2.01. The molecule has 4 nitrogen and oxygen atoms in total. The Balaban J connectivity index is 4.07. The second-order valence-corrected chi connectivity index (χ2v) is 2.01. The van der Waals surface area contributed by atoms with Crippen LogP contribution in [0.1, 0.15) is 13.3 Å². The van der Waals surface area contributed by atoms with Crippen LogP contribution in [-0.2, 0) is 14.3 Å². The number of carbonyl (C=O) groups excluding carboxylic acids is 1. The molecule has 0 bridgehead atoms. The van der Waals surface area contributed by atoms with Gasteiger partial charge in [-0.3, -0.25) is 0 Å². The Labute approximate surface area is 71.4 Å². The second kappa shape index (κ2) is 6.23. The van der Waals surface area contributed by atoms with Crippen molar-refractivity contribution in [2.75, 3.05) is 13.7 Å². The molecule has 12 heavy (non-hydrogen) atoms. The number of hydrogen-bond donors (Lipinski definition) is 0. The number of esters is 1. The maximum Gasteiger partial charge on any atom is 0.352 e. The van der Waals surface area contributed by atoms with Crippen LogP contribution in [0.2, 0.25) is 0 Å². The zero-order valence-electron chi connectivity index (χ0n) is 7.16. The average molecular weight is 169 g/mol. The van der Waals surface area contributed by atoms with Gasteiger partial charge >= 0.3 is 5.97 Å². The number of methoxy groups -OCH3 is 1. The quantitative estimate of drug-likeness (QED) is 0.272. The van der Waals surface area contributed by atoms with Crippen LogP contribution in [0.3, 0.4) is 0 Å². The fraction of sp³-hybridized carbons (Fsp3) is 0.500. The van der Waals surface area contributed by atoms with Gasteiger partial charge in [-0.15, -0.1) is 0 Å². The van der Waals surface area contributed by atoms with Crippen LogP contribution in [0.25, 0.3) is 0 Å². The number of carbonyl (C=O) groups is 1. The fourth-order valence-electron chi connectivity index (χ4n) is 0.510. The van der Waals surface area contributed by atoms with Gasteiger partial charge in [0.25, 0.3) is 0 Å². The molecule has 4 heteroatoms. The van der Waals surface area contributed by atoms with E-state index in [0.29, 0.717) is 6.61 Å². The summed E-state index contributed by atoms with van der Waals surface area (Å²) in [6.45, 7) is 2.20. The van der Waals surface area contributed by atoms with Gasteiger partial charge in [-0.1, -0.05) is 6.92 Å². The molecule has 0 amide bonds. The Bertz CT molecular complexity index is 215. The maximum atomic E-state index is 10.9. The van der Waals surface area contributed by atoms with Crippen LogP contribution in [0, 0.1) is 11.3 Å². The Morgan fingerprint density at radius 3 is 2.75 bits per heavy atom. The van der Waals surface area contributed by atoms with Crippen molar-refractivity contribution in [3.05, 3.63) is 11.8 Å². The first kappa shape index (κ1) is 10.5. The Morgan fingerprint density at radius 1 is 1.67 bits per heavy atom. The summed E-state index contributed by atoms with van der Waals surface area (Å²) in [6.07, 6.45) is 1.80. The van der Waals surface area contributed by atoms with E-state index in [1.807, 2.05) is 6.92 Å². The highest BCUT2D eigenvalue weighted by Crippen LogP contribution is 1.96. The first-order valence-corrected chi connectivity index (χ1v) is 3.56. The zero-order valence-corrected chi connectivity index (χ0v) is 7.16.